The second-order valence-electron chi connectivity index (χ2n) is 3.54. The first-order valence-electron chi connectivity index (χ1n) is 5.24. The summed E-state index contributed by atoms with van der Waals surface area (Å²) in [7, 11) is 0. The zero-order valence-corrected chi connectivity index (χ0v) is 8.99. The minimum absolute atomic E-state index is 0.514. The largest absolute Gasteiger partial charge is 0.479 e. The number of aliphatic carboxylic acids is 1. The summed E-state index contributed by atoms with van der Waals surface area (Å²) in [5, 5.41) is 10.8. The van der Waals surface area contributed by atoms with Crippen molar-refractivity contribution >= 4 is 12.0 Å². The van der Waals surface area contributed by atoms with E-state index in [-0.39, 0.29) is 0 Å². The molecule has 6 heteroatoms. The predicted molar refractivity (Wildman–Crippen MR) is 56.7 cm³/mol. The standard InChI is InChI=1S/C10H16N2O4/c13-9(14)7-16-12-10(15)11-6-5-8-3-1-2-4-8/h3H,1-2,4-7H2,(H,13,14)(H2,11,12,15). The molecule has 90 valence electrons. The molecule has 0 aliphatic heterocycles. The van der Waals surface area contributed by atoms with Crippen LogP contribution in [0.15, 0.2) is 11.6 Å². The van der Waals surface area contributed by atoms with Crippen LogP contribution in [0.3, 0.4) is 0 Å². The van der Waals surface area contributed by atoms with Gasteiger partial charge in [0.05, 0.1) is 0 Å². The molecule has 2 amide bonds. The van der Waals surface area contributed by atoms with E-state index in [1.807, 2.05) is 5.48 Å². The Morgan fingerprint density at radius 3 is 2.94 bits per heavy atom. The van der Waals surface area contributed by atoms with Crippen molar-refractivity contribution in [3.8, 4) is 0 Å². The molecule has 0 aromatic carbocycles. The molecule has 0 radical (unpaired) electrons. The van der Waals surface area contributed by atoms with Crippen molar-refractivity contribution in [1.82, 2.24) is 10.8 Å². The Morgan fingerprint density at radius 1 is 1.50 bits per heavy atom. The number of carboxylic acids is 1. The predicted octanol–water partition coefficient (Wildman–Crippen LogP) is 0.802. The number of allylic oxidation sites excluding steroid dienone is 1. The quantitative estimate of drug-likeness (QED) is 0.463. The van der Waals surface area contributed by atoms with Gasteiger partial charge in [0.2, 0.25) is 0 Å². The van der Waals surface area contributed by atoms with E-state index < -0.39 is 18.6 Å². The summed E-state index contributed by atoms with van der Waals surface area (Å²) in [6.07, 6.45) is 6.47. The molecule has 0 aromatic rings. The van der Waals surface area contributed by atoms with Gasteiger partial charge in [-0.05, 0) is 25.7 Å². The van der Waals surface area contributed by atoms with Gasteiger partial charge in [-0.1, -0.05) is 11.6 Å². The van der Waals surface area contributed by atoms with Crippen molar-refractivity contribution in [3.63, 3.8) is 0 Å². The van der Waals surface area contributed by atoms with E-state index in [2.05, 4.69) is 16.2 Å². The molecular formula is C10H16N2O4. The third-order valence-electron chi connectivity index (χ3n) is 2.23. The molecule has 0 unspecified atom stereocenters. The summed E-state index contributed by atoms with van der Waals surface area (Å²) < 4.78 is 0. The Kier molecular flexibility index (Phi) is 5.35. The van der Waals surface area contributed by atoms with Crippen molar-refractivity contribution in [2.45, 2.75) is 25.7 Å². The number of hydrogen-bond donors (Lipinski definition) is 3. The Bertz CT molecular complexity index is 289. The molecule has 3 N–H and O–H groups in total. The fraction of sp³-hybridized carbons (Fsp3) is 0.600. The zero-order chi connectivity index (χ0) is 11.8. The molecule has 1 aliphatic rings. The lowest BCUT2D eigenvalue weighted by Crippen LogP contribution is -2.37. The lowest BCUT2D eigenvalue weighted by Gasteiger charge is -2.06. The first-order valence-corrected chi connectivity index (χ1v) is 5.24. The molecule has 0 spiro atoms. The monoisotopic (exact) mass is 228 g/mol. The highest BCUT2D eigenvalue weighted by molar-refractivity contribution is 5.73. The van der Waals surface area contributed by atoms with Crippen LogP contribution in [0, 0.1) is 0 Å². The summed E-state index contributed by atoms with van der Waals surface area (Å²) in [6.45, 7) is -0.00727. The average molecular weight is 228 g/mol. The number of hydroxylamine groups is 1. The minimum atomic E-state index is -1.13. The number of carboxylic acid groups (broad SMARTS) is 1. The number of nitrogens with one attached hydrogen (secondary N) is 2. The van der Waals surface area contributed by atoms with Crippen LogP contribution in [0.2, 0.25) is 0 Å². The van der Waals surface area contributed by atoms with Gasteiger partial charge in [-0.25, -0.2) is 15.1 Å². The highest BCUT2D eigenvalue weighted by Crippen LogP contribution is 2.19. The summed E-state index contributed by atoms with van der Waals surface area (Å²) in [5.74, 6) is -1.13. The van der Waals surface area contributed by atoms with Crippen molar-refractivity contribution in [2.75, 3.05) is 13.2 Å². The van der Waals surface area contributed by atoms with E-state index in [0.717, 1.165) is 19.3 Å². The molecule has 0 aromatic heterocycles. The van der Waals surface area contributed by atoms with E-state index in [9.17, 15) is 9.59 Å². The summed E-state index contributed by atoms with van der Waals surface area (Å²) >= 11 is 0. The number of carbonyl (C=O) groups is 2. The zero-order valence-electron chi connectivity index (χ0n) is 8.99. The lowest BCUT2D eigenvalue weighted by atomic mass is 10.2. The summed E-state index contributed by atoms with van der Waals surface area (Å²) in [6, 6.07) is -0.514. The fourth-order valence-electron chi connectivity index (χ4n) is 1.50. The third-order valence-corrected chi connectivity index (χ3v) is 2.23. The average Bonchev–Trinajstić information content (AvgIpc) is 2.70. The van der Waals surface area contributed by atoms with Crippen LogP contribution in [0.25, 0.3) is 0 Å². The van der Waals surface area contributed by atoms with Gasteiger partial charge in [-0.15, -0.1) is 0 Å². The Morgan fingerprint density at radius 2 is 2.31 bits per heavy atom. The van der Waals surface area contributed by atoms with Gasteiger partial charge < -0.3 is 10.4 Å². The summed E-state index contributed by atoms with van der Waals surface area (Å²) in [5.41, 5.74) is 3.36. The van der Waals surface area contributed by atoms with Crippen LogP contribution in [0.1, 0.15) is 25.7 Å². The number of carbonyl (C=O) groups excluding carboxylic acids is 1. The smallest absolute Gasteiger partial charge is 0.338 e. The van der Waals surface area contributed by atoms with E-state index in [1.54, 1.807) is 0 Å². The Hall–Kier alpha value is -1.56. The van der Waals surface area contributed by atoms with Gasteiger partial charge in [0.15, 0.2) is 6.61 Å². The molecule has 1 aliphatic carbocycles. The lowest BCUT2D eigenvalue weighted by molar-refractivity contribution is -0.144. The second-order valence-corrected chi connectivity index (χ2v) is 3.54. The number of amides is 2. The van der Waals surface area contributed by atoms with E-state index in [4.69, 9.17) is 5.11 Å². The van der Waals surface area contributed by atoms with Gasteiger partial charge in [0, 0.05) is 6.54 Å². The van der Waals surface area contributed by atoms with Crippen LogP contribution in [0.4, 0.5) is 4.79 Å². The SMILES string of the molecule is O=C(O)CONC(=O)NCCC1=CCCC1. The maximum Gasteiger partial charge on any atom is 0.338 e. The maximum absolute atomic E-state index is 11.0. The van der Waals surface area contributed by atoms with Gasteiger partial charge >= 0.3 is 12.0 Å². The van der Waals surface area contributed by atoms with Crippen LogP contribution >= 0.6 is 0 Å². The highest BCUT2D eigenvalue weighted by Gasteiger charge is 2.05. The van der Waals surface area contributed by atoms with Crippen molar-refractivity contribution in [1.29, 1.82) is 0 Å². The van der Waals surface area contributed by atoms with Crippen LogP contribution in [-0.2, 0) is 9.63 Å². The Labute approximate surface area is 93.6 Å². The minimum Gasteiger partial charge on any atom is -0.479 e. The maximum atomic E-state index is 11.0. The van der Waals surface area contributed by atoms with Gasteiger partial charge in [0.1, 0.15) is 0 Å². The molecule has 6 nitrogen and oxygen atoms in total. The van der Waals surface area contributed by atoms with Crippen molar-refractivity contribution in [2.24, 2.45) is 0 Å². The number of rotatable bonds is 6. The molecular weight excluding hydrogens is 212 g/mol. The van der Waals surface area contributed by atoms with Crippen LogP contribution < -0.4 is 10.8 Å². The normalized spacial score (nSPS) is 14.4. The second kappa shape index (κ2) is 6.84. The van der Waals surface area contributed by atoms with E-state index in [1.165, 1.54) is 12.0 Å². The first-order chi connectivity index (χ1) is 7.68. The molecule has 0 bridgehead atoms. The molecule has 0 fully saturated rings. The fourth-order valence-corrected chi connectivity index (χ4v) is 1.50. The number of hydrogen-bond acceptors (Lipinski definition) is 3. The van der Waals surface area contributed by atoms with E-state index in [0.29, 0.717) is 6.54 Å². The summed E-state index contributed by atoms with van der Waals surface area (Å²) in [4.78, 5) is 25.5. The van der Waals surface area contributed by atoms with E-state index >= 15 is 0 Å². The van der Waals surface area contributed by atoms with Gasteiger partial charge in [-0.2, -0.15) is 0 Å². The molecule has 0 saturated carbocycles. The van der Waals surface area contributed by atoms with Crippen LogP contribution in [0.5, 0.6) is 0 Å². The Balaban J connectivity index is 1.99. The topological polar surface area (TPSA) is 87.7 Å². The van der Waals surface area contributed by atoms with Crippen molar-refractivity contribution < 1.29 is 19.5 Å². The molecule has 0 saturated heterocycles. The third kappa shape index (κ3) is 5.35. The molecule has 0 atom stereocenters. The molecule has 0 heterocycles. The van der Waals surface area contributed by atoms with Crippen LogP contribution in [-0.4, -0.2) is 30.3 Å². The highest BCUT2D eigenvalue weighted by atomic mass is 16.7. The number of urea groups is 1. The van der Waals surface area contributed by atoms with Crippen molar-refractivity contribution in [3.05, 3.63) is 11.6 Å². The van der Waals surface area contributed by atoms with Gasteiger partial charge in [0.25, 0.3) is 0 Å². The van der Waals surface area contributed by atoms with Gasteiger partial charge in [-0.3, -0.25) is 4.84 Å². The molecule has 16 heavy (non-hydrogen) atoms. The molecule has 1 rings (SSSR count). The first kappa shape index (κ1) is 12.5.